The molecule has 0 rings (SSSR count). The van der Waals surface area contributed by atoms with Gasteiger partial charge in [-0.25, -0.2) is 0 Å². The Morgan fingerprint density at radius 3 is 2.20 bits per heavy atom. The van der Waals surface area contributed by atoms with Crippen LogP contribution in [0.1, 0.15) is 32.1 Å². The third-order valence-electron chi connectivity index (χ3n) is 2.15. The second-order valence-corrected chi connectivity index (χ2v) is 5.98. The van der Waals surface area contributed by atoms with Crippen LogP contribution in [0.25, 0.3) is 0 Å². The van der Waals surface area contributed by atoms with E-state index in [0.717, 1.165) is 11.8 Å². The van der Waals surface area contributed by atoms with Crippen LogP contribution >= 0.6 is 23.4 Å². The van der Waals surface area contributed by atoms with Crippen molar-refractivity contribution in [2.24, 2.45) is 5.73 Å². The lowest BCUT2D eigenvalue weighted by atomic mass is 10.1. The third kappa shape index (κ3) is 10.9. The molecule has 0 saturated carbocycles. The zero-order valence-electron chi connectivity index (χ0n) is 10.5. The van der Waals surface area contributed by atoms with Gasteiger partial charge < -0.3 is 5.73 Å². The van der Waals surface area contributed by atoms with Crippen LogP contribution in [0.4, 0.5) is 13.2 Å². The highest BCUT2D eigenvalue weighted by molar-refractivity contribution is 8.02. The van der Waals surface area contributed by atoms with Gasteiger partial charge in [-0.1, -0.05) is 11.6 Å². The summed E-state index contributed by atoms with van der Waals surface area (Å²) in [5.74, 6) is 1.34. The quantitative estimate of drug-likeness (QED) is 0.420. The van der Waals surface area contributed by atoms with Gasteiger partial charge in [0.25, 0.3) is 0 Å². The van der Waals surface area contributed by atoms with Crippen molar-refractivity contribution in [3.63, 3.8) is 0 Å². The number of carbonyl (C=O) groups excluding carboxylic acids is 1. The van der Waals surface area contributed by atoms with Crippen molar-refractivity contribution in [3.05, 3.63) is 9.93 Å². The molecule has 9 heteroatoms. The molecule has 0 radical (unpaired) electrons. The summed E-state index contributed by atoms with van der Waals surface area (Å²) >= 11 is 6.69. The predicted molar refractivity (Wildman–Crippen MR) is 74.9 cm³/mol. The highest BCUT2D eigenvalue weighted by Crippen LogP contribution is 2.37. The SMILES string of the molecule is C#CCCCCC(Cl)(SCCC(F)(F)F)C(N)=O.O=O. The number of rotatable bonds is 8. The van der Waals surface area contributed by atoms with E-state index in [9.17, 15) is 18.0 Å². The first-order chi connectivity index (χ1) is 9.21. The molecule has 0 bridgehead atoms. The number of nitrogens with two attached hydrogens (primary N) is 1. The molecule has 1 unspecified atom stereocenters. The molecule has 0 aromatic rings. The van der Waals surface area contributed by atoms with E-state index in [1.54, 1.807) is 0 Å². The van der Waals surface area contributed by atoms with E-state index in [1.165, 1.54) is 0 Å². The molecule has 1 amide bonds. The molecule has 0 fully saturated rings. The summed E-state index contributed by atoms with van der Waals surface area (Å²) in [6.07, 6.45) is 1.78. The van der Waals surface area contributed by atoms with E-state index < -0.39 is 22.7 Å². The molecular formula is C11H15ClF3NO3S. The van der Waals surface area contributed by atoms with Gasteiger partial charge in [-0.15, -0.1) is 24.1 Å². The maximum atomic E-state index is 12.0. The van der Waals surface area contributed by atoms with E-state index in [1.807, 2.05) is 0 Å². The molecule has 0 aliphatic rings. The highest BCUT2D eigenvalue weighted by atomic mass is 35.5. The van der Waals surface area contributed by atoms with Crippen LogP contribution < -0.4 is 5.73 Å². The maximum Gasteiger partial charge on any atom is 0.389 e. The molecule has 4 nitrogen and oxygen atoms in total. The Hall–Kier alpha value is -0.940. The van der Waals surface area contributed by atoms with E-state index in [4.69, 9.17) is 33.7 Å². The minimum atomic E-state index is -4.26. The molecule has 0 heterocycles. The fraction of sp³-hybridized carbons (Fsp3) is 0.727. The zero-order chi connectivity index (χ0) is 16.2. The Labute approximate surface area is 124 Å². The van der Waals surface area contributed by atoms with Gasteiger partial charge in [0, 0.05) is 22.1 Å². The molecule has 0 aromatic heterocycles. The topological polar surface area (TPSA) is 77.2 Å². The fourth-order valence-electron chi connectivity index (χ4n) is 1.17. The van der Waals surface area contributed by atoms with Gasteiger partial charge in [0.2, 0.25) is 5.91 Å². The number of hydrogen-bond donors (Lipinski definition) is 1. The first-order valence-electron chi connectivity index (χ1n) is 5.51. The number of unbranched alkanes of at least 4 members (excludes halogenated alkanes) is 2. The Bertz CT molecular complexity index is 336. The van der Waals surface area contributed by atoms with Crippen LogP contribution in [-0.2, 0) is 4.79 Å². The van der Waals surface area contributed by atoms with Crippen molar-refractivity contribution in [3.8, 4) is 12.3 Å². The van der Waals surface area contributed by atoms with Crippen LogP contribution in [0.5, 0.6) is 0 Å². The minimum absolute atomic E-state index is 0.216. The standard InChI is InChI=1S/C11H15ClF3NOS.O2/c1-2-3-4-5-6-10(12,9(16)17)18-8-7-11(13,14)15;1-2/h1H,3-8H2,(H2,16,17);. The summed E-state index contributed by atoms with van der Waals surface area (Å²) in [6.45, 7) is 0. The van der Waals surface area contributed by atoms with Gasteiger partial charge in [-0.3, -0.25) is 4.79 Å². The molecular weight excluding hydrogens is 319 g/mol. The summed E-state index contributed by atoms with van der Waals surface area (Å²) in [5, 5.41) is 0. The van der Waals surface area contributed by atoms with E-state index in [0.29, 0.717) is 19.3 Å². The number of terminal acetylenes is 1. The summed E-state index contributed by atoms with van der Waals surface area (Å²) in [7, 11) is 0. The van der Waals surface area contributed by atoms with Crippen LogP contribution in [-0.4, -0.2) is 22.0 Å². The average Bonchev–Trinajstić information content (AvgIpc) is 2.35. The molecule has 0 aliphatic carbocycles. The summed E-state index contributed by atoms with van der Waals surface area (Å²) in [6, 6.07) is 0. The second-order valence-electron chi connectivity index (χ2n) is 3.72. The highest BCUT2D eigenvalue weighted by Gasteiger charge is 2.36. The first-order valence-corrected chi connectivity index (χ1v) is 6.87. The monoisotopic (exact) mass is 333 g/mol. The maximum absolute atomic E-state index is 12.0. The number of hydrogen-bond acceptors (Lipinski definition) is 4. The molecule has 0 saturated heterocycles. The molecule has 2 N–H and O–H groups in total. The van der Waals surface area contributed by atoms with Crippen molar-refractivity contribution in [1.82, 2.24) is 0 Å². The number of carbonyl (C=O) groups is 1. The number of thioether (sulfide) groups is 1. The second kappa shape index (κ2) is 10.8. The first kappa shape index (κ1) is 21.4. The van der Waals surface area contributed by atoms with E-state index >= 15 is 0 Å². The lowest BCUT2D eigenvalue weighted by Crippen LogP contribution is -2.36. The Morgan fingerprint density at radius 2 is 1.80 bits per heavy atom. The van der Waals surface area contributed by atoms with Gasteiger partial charge in [0.15, 0.2) is 4.21 Å². The van der Waals surface area contributed by atoms with Crippen molar-refractivity contribution in [2.75, 3.05) is 5.75 Å². The third-order valence-corrected chi connectivity index (χ3v) is 4.13. The van der Waals surface area contributed by atoms with Crippen molar-refractivity contribution in [1.29, 1.82) is 0 Å². The summed E-state index contributed by atoms with van der Waals surface area (Å²) < 4.78 is 34.5. The Kier molecular flexibility index (Phi) is 11.5. The van der Waals surface area contributed by atoms with Gasteiger partial charge >= 0.3 is 6.18 Å². The minimum Gasteiger partial charge on any atom is -0.367 e. The molecule has 1 atom stereocenters. The average molecular weight is 334 g/mol. The lowest BCUT2D eigenvalue weighted by molar-refractivity contribution is -0.129. The summed E-state index contributed by atoms with van der Waals surface area (Å²) in [4.78, 5) is 25.2. The molecule has 20 heavy (non-hydrogen) atoms. The number of amides is 1. The van der Waals surface area contributed by atoms with E-state index in [-0.39, 0.29) is 12.2 Å². The van der Waals surface area contributed by atoms with Gasteiger partial charge in [-0.2, -0.15) is 13.2 Å². The number of primary amides is 1. The number of halogens is 4. The van der Waals surface area contributed by atoms with Gasteiger partial charge in [0.05, 0.1) is 6.42 Å². The Balaban J connectivity index is 0. The smallest absolute Gasteiger partial charge is 0.367 e. The number of alkyl halides is 4. The van der Waals surface area contributed by atoms with Crippen LogP contribution in [0.3, 0.4) is 0 Å². The summed E-state index contributed by atoms with van der Waals surface area (Å²) in [5.41, 5.74) is 5.12. The Morgan fingerprint density at radius 1 is 1.25 bits per heavy atom. The van der Waals surface area contributed by atoms with Gasteiger partial charge in [0.1, 0.15) is 0 Å². The van der Waals surface area contributed by atoms with Crippen molar-refractivity contribution >= 4 is 29.3 Å². The normalized spacial score (nSPS) is 13.6. The molecule has 116 valence electrons. The zero-order valence-corrected chi connectivity index (χ0v) is 12.1. The lowest BCUT2D eigenvalue weighted by Gasteiger charge is -2.23. The fourth-order valence-corrected chi connectivity index (χ4v) is 2.63. The van der Waals surface area contributed by atoms with Crippen LogP contribution in [0.15, 0.2) is 0 Å². The van der Waals surface area contributed by atoms with E-state index in [2.05, 4.69) is 5.92 Å². The van der Waals surface area contributed by atoms with Crippen LogP contribution in [0.2, 0.25) is 0 Å². The molecule has 0 aliphatic heterocycles. The van der Waals surface area contributed by atoms with Crippen molar-refractivity contribution in [2.45, 2.75) is 42.5 Å². The largest absolute Gasteiger partial charge is 0.389 e. The van der Waals surface area contributed by atoms with Gasteiger partial charge in [-0.05, 0) is 19.3 Å². The molecule has 0 spiro atoms. The molecule has 0 aromatic carbocycles. The van der Waals surface area contributed by atoms with Crippen LogP contribution in [0, 0.1) is 22.3 Å². The van der Waals surface area contributed by atoms with Crippen molar-refractivity contribution < 1.29 is 18.0 Å². The predicted octanol–water partition coefficient (Wildman–Crippen LogP) is 3.35.